The van der Waals surface area contributed by atoms with Crippen LogP contribution >= 0.6 is 0 Å². The van der Waals surface area contributed by atoms with Crippen LogP contribution in [0.2, 0.25) is 0 Å². The lowest BCUT2D eigenvalue weighted by molar-refractivity contribution is 0.0963. The molecule has 0 unspecified atom stereocenters. The van der Waals surface area contributed by atoms with Crippen LogP contribution < -0.4 is 10.6 Å². The topological polar surface area (TPSA) is 56.7 Å². The van der Waals surface area contributed by atoms with Crippen molar-refractivity contribution in [3.63, 3.8) is 0 Å². The van der Waals surface area contributed by atoms with Gasteiger partial charge in [0, 0.05) is 39.8 Å². The van der Waals surface area contributed by atoms with E-state index >= 15 is 0 Å². The van der Waals surface area contributed by atoms with E-state index in [1.165, 1.54) is 0 Å². The largest absolute Gasteiger partial charge is 0.355 e. The summed E-state index contributed by atoms with van der Waals surface area (Å²) in [6, 6.07) is 7.55. The Morgan fingerprint density at radius 2 is 2.05 bits per heavy atom. The highest BCUT2D eigenvalue weighted by atomic mass is 16.1. The molecule has 0 saturated heterocycles. The number of allylic oxidation sites excluding steroid dienone is 1. The SMILES string of the molecule is C=CCCCN(C)C(=NC)NCc1ccc(C(=O)NC)cc1. The Labute approximate surface area is 133 Å². The minimum absolute atomic E-state index is 0.0720. The third-order valence-electron chi connectivity index (χ3n) is 3.37. The molecule has 5 nitrogen and oxygen atoms in total. The monoisotopic (exact) mass is 302 g/mol. The summed E-state index contributed by atoms with van der Waals surface area (Å²) in [4.78, 5) is 17.9. The summed E-state index contributed by atoms with van der Waals surface area (Å²) in [5.74, 6) is 0.789. The quantitative estimate of drug-likeness (QED) is 0.351. The zero-order valence-corrected chi connectivity index (χ0v) is 13.7. The molecule has 0 heterocycles. The van der Waals surface area contributed by atoms with Crippen LogP contribution in [0.25, 0.3) is 0 Å². The van der Waals surface area contributed by atoms with Gasteiger partial charge in [-0.1, -0.05) is 18.2 Å². The predicted molar refractivity (Wildman–Crippen MR) is 92.1 cm³/mol. The number of nitrogens with zero attached hydrogens (tertiary/aromatic N) is 2. The second-order valence-electron chi connectivity index (χ2n) is 5.03. The predicted octanol–water partition coefficient (Wildman–Crippen LogP) is 2.02. The Bertz CT molecular complexity index is 508. The van der Waals surface area contributed by atoms with Gasteiger partial charge in [-0.05, 0) is 30.5 Å². The molecular formula is C17H26N4O. The van der Waals surface area contributed by atoms with Crippen LogP contribution in [0, 0.1) is 0 Å². The molecule has 22 heavy (non-hydrogen) atoms. The van der Waals surface area contributed by atoms with Gasteiger partial charge in [-0.25, -0.2) is 0 Å². The van der Waals surface area contributed by atoms with Crippen LogP contribution in [-0.2, 0) is 6.54 Å². The fourth-order valence-electron chi connectivity index (χ4n) is 2.06. The molecule has 0 fully saturated rings. The van der Waals surface area contributed by atoms with E-state index in [1.54, 1.807) is 14.1 Å². The van der Waals surface area contributed by atoms with E-state index in [1.807, 2.05) is 37.4 Å². The summed E-state index contributed by atoms with van der Waals surface area (Å²) in [6.45, 7) is 5.34. The zero-order valence-electron chi connectivity index (χ0n) is 13.7. The first-order chi connectivity index (χ1) is 10.6. The first-order valence-corrected chi connectivity index (χ1v) is 7.46. The molecule has 0 aliphatic heterocycles. The highest BCUT2D eigenvalue weighted by Gasteiger charge is 2.06. The molecule has 0 aromatic heterocycles. The average Bonchev–Trinajstić information content (AvgIpc) is 2.55. The van der Waals surface area contributed by atoms with Crippen LogP contribution in [0.15, 0.2) is 41.9 Å². The van der Waals surface area contributed by atoms with Gasteiger partial charge in [-0.15, -0.1) is 6.58 Å². The van der Waals surface area contributed by atoms with Gasteiger partial charge in [0.25, 0.3) is 5.91 Å². The second-order valence-corrected chi connectivity index (χ2v) is 5.03. The van der Waals surface area contributed by atoms with Crippen molar-refractivity contribution in [3.8, 4) is 0 Å². The van der Waals surface area contributed by atoms with Crippen LogP contribution in [0.4, 0.5) is 0 Å². The highest BCUT2D eigenvalue weighted by molar-refractivity contribution is 5.93. The van der Waals surface area contributed by atoms with E-state index in [9.17, 15) is 4.79 Å². The van der Waals surface area contributed by atoms with Crippen LogP contribution in [0.3, 0.4) is 0 Å². The molecule has 0 spiro atoms. The van der Waals surface area contributed by atoms with Crippen molar-refractivity contribution in [2.75, 3.05) is 27.7 Å². The number of hydrogen-bond donors (Lipinski definition) is 2. The number of carbonyl (C=O) groups excluding carboxylic acids is 1. The zero-order chi connectivity index (χ0) is 16.4. The molecule has 0 radical (unpaired) electrons. The summed E-state index contributed by atoms with van der Waals surface area (Å²) in [6.07, 6.45) is 3.99. The van der Waals surface area contributed by atoms with Crippen LogP contribution in [-0.4, -0.2) is 44.5 Å². The maximum Gasteiger partial charge on any atom is 0.251 e. The molecule has 5 heteroatoms. The molecule has 0 atom stereocenters. The fraction of sp³-hybridized carbons (Fsp3) is 0.412. The molecular weight excluding hydrogens is 276 g/mol. The van der Waals surface area contributed by atoms with E-state index in [2.05, 4.69) is 27.1 Å². The molecule has 2 N–H and O–H groups in total. The number of carbonyl (C=O) groups is 1. The number of nitrogens with one attached hydrogen (secondary N) is 2. The van der Waals surface area contributed by atoms with E-state index in [0.717, 1.165) is 30.9 Å². The Balaban J connectivity index is 2.52. The third kappa shape index (κ3) is 5.60. The molecule has 0 saturated carbocycles. The number of guanidine groups is 1. The Morgan fingerprint density at radius 3 is 2.59 bits per heavy atom. The minimum atomic E-state index is -0.0720. The number of rotatable bonds is 7. The van der Waals surface area contributed by atoms with Crippen LogP contribution in [0.5, 0.6) is 0 Å². The molecule has 0 bridgehead atoms. The molecule has 0 aliphatic rings. The summed E-state index contributed by atoms with van der Waals surface area (Å²) in [5.41, 5.74) is 1.77. The smallest absolute Gasteiger partial charge is 0.251 e. The first kappa shape index (κ1) is 17.8. The fourth-order valence-corrected chi connectivity index (χ4v) is 2.06. The van der Waals surface area contributed by atoms with Crippen molar-refractivity contribution < 1.29 is 4.79 Å². The minimum Gasteiger partial charge on any atom is -0.355 e. The lowest BCUT2D eigenvalue weighted by Crippen LogP contribution is -2.38. The third-order valence-corrected chi connectivity index (χ3v) is 3.37. The molecule has 1 aromatic carbocycles. The summed E-state index contributed by atoms with van der Waals surface area (Å²) >= 11 is 0. The maximum atomic E-state index is 11.5. The summed E-state index contributed by atoms with van der Waals surface area (Å²) in [5, 5.41) is 5.94. The number of benzene rings is 1. The summed E-state index contributed by atoms with van der Waals surface area (Å²) in [7, 11) is 5.43. The standard InChI is InChI=1S/C17H26N4O/c1-5-6-7-12-21(4)17(19-3)20-13-14-8-10-15(11-9-14)16(22)18-2/h5,8-11H,1,6-7,12-13H2,2-4H3,(H,18,22)(H,19,20). The Morgan fingerprint density at radius 1 is 1.36 bits per heavy atom. The van der Waals surface area contributed by atoms with E-state index in [0.29, 0.717) is 12.1 Å². The number of amides is 1. The van der Waals surface area contributed by atoms with Crippen molar-refractivity contribution in [2.45, 2.75) is 19.4 Å². The van der Waals surface area contributed by atoms with Gasteiger partial charge < -0.3 is 15.5 Å². The van der Waals surface area contributed by atoms with Crippen molar-refractivity contribution in [2.24, 2.45) is 4.99 Å². The average molecular weight is 302 g/mol. The Hall–Kier alpha value is -2.30. The normalized spacial score (nSPS) is 11.0. The van der Waals surface area contributed by atoms with Gasteiger partial charge in [0.1, 0.15) is 0 Å². The summed E-state index contributed by atoms with van der Waals surface area (Å²) < 4.78 is 0. The Kier molecular flexibility index (Phi) is 7.75. The number of aliphatic imine (C=N–C) groups is 1. The lowest BCUT2D eigenvalue weighted by atomic mass is 10.1. The van der Waals surface area contributed by atoms with Crippen LogP contribution in [0.1, 0.15) is 28.8 Å². The molecule has 1 aromatic rings. The van der Waals surface area contributed by atoms with Gasteiger partial charge >= 0.3 is 0 Å². The molecule has 1 amide bonds. The van der Waals surface area contributed by atoms with Gasteiger partial charge in [-0.2, -0.15) is 0 Å². The van der Waals surface area contributed by atoms with Gasteiger partial charge in [0.15, 0.2) is 5.96 Å². The van der Waals surface area contributed by atoms with E-state index in [-0.39, 0.29) is 5.91 Å². The number of hydrogen-bond acceptors (Lipinski definition) is 2. The molecule has 120 valence electrons. The molecule has 0 aliphatic carbocycles. The highest BCUT2D eigenvalue weighted by Crippen LogP contribution is 2.04. The van der Waals surface area contributed by atoms with Crippen molar-refractivity contribution >= 4 is 11.9 Å². The van der Waals surface area contributed by atoms with Crippen molar-refractivity contribution in [1.29, 1.82) is 0 Å². The lowest BCUT2D eigenvalue weighted by Gasteiger charge is -2.21. The van der Waals surface area contributed by atoms with Gasteiger partial charge in [-0.3, -0.25) is 9.79 Å². The van der Waals surface area contributed by atoms with E-state index in [4.69, 9.17) is 0 Å². The van der Waals surface area contributed by atoms with Gasteiger partial charge in [0.2, 0.25) is 0 Å². The van der Waals surface area contributed by atoms with Gasteiger partial charge in [0.05, 0.1) is 0 Å². The van der Waals surface area contributed by atoms with Crippen molar-refractivity contribution in [1.82, 2.24) is 15.5 Å². The second kappa shape index (κ2) is 9.60. The maximum absolute atomic E-state index is 11.5. The van der Waals surface area contributed by atoms with E-state index < -0.39 is 0 Å². The number of unbranched alkanes of at least 4 members (excludes halogenated alkanes) is 1. The van der Waals surface area contributed by atoms with Crippen molar-refractivity contribution in [3.05, 3.63) is 48.0 Å². The molecule has 1 rings (SSSR count). The first-order valence-electron chi connectivity index (χ1n) is 7.46.